The van der Waals surface area contributed by atoms with Gasteiger partial charge in [0.1, 0.15) is 6.61 Å². The van der Waals surface area contributed by atoms with Gasteiger partial charge in [0.2, 0.25) is 5.91 Å². The van der Waals surface area contributed by atoms with E-state index in [1.807, 2.05) is 0 Å². The fourth-order valence-corrected chi connectivity index (χ4v) is 2.00. The maximum atomic E-state index is 11.5. The molecule has 1 aliphatic carbocycles. The summed E-state index contributed by atoms with van der Waals surface area (Å²) in [6.07, 6.45) is 5.88. The van der Waals surface area contributed by atoms with Crippen LogP contribution in [0.25, 0.3) is 0 Å². The quantitative estimate of drug-likeness (QED) is 0.500. The highest BCUT2D eigenvalue weighted by Gasteiger charge is 2.33. The Labute approximate surface area is 90.9 Å². The van der Waals surface area contributed by atoms with Crippen LogP contribution in [0.2, 0.25) is 0 Å². The van der Waals surface area contributed by atoms with Crippen molar-refractivity contribution in [3.63, 3.8) is 0 Å². The summed E-state index contributed by atoms with van der Waals surface area (Å²) in [5, 5.41) is 2.98. The lowest BCUT2D eigenvalue weighted by Crippen LogP contribution is -2.52. The zero-order valence-electron chi connectivity index (χ0n) is 9.13. The number of hydrogen-bond acceptors (Lipinski definition) is 3. The molecule has 0 radical (unpaired) electrons. The van der Waals surface area contributed by atoms with E-state index in [0.717, 1.165) is 25.7 Å². The first-order chi connectivity index (χ1) is 7.22. The summed E-state index contributed by atoms with van der Waals surface area (Å²) in [5.41, 5.74) is 5.53. The Morgan fingerprint density at radius 1 is 1.53 bits per heavy atom. The third kappa shape index (κ3) is 3.64. The van der Waals surface area contributed by atoms with E-state index < -0.39 is 0 Å². The zero-order valence-corrected chi connectivity index (χ0v) is 9.13. The lowest BCUT2D eigenvalue weighted by molar-refractivity contribution is -0.127. The normalized spacial score (nSPS) is 18.7. The van der Waals surface area contributed by atoms with E-state index in [-0.39, 0.29) is 18.1 Å². The van der Waals surface area contributed by atoms with Crippen LogP contribution in [-0.2, 0) is 9.53 Å². The van der Waals surface area contributed by atoms with Crippen LogP contribution in [0.5, 0.6) is 0 Å². The highest BCUT2D eigenvalue weighted by molar-refractivity contribution is 5.78. The molecule has 0 atom stereocenters. The van der Waals surface area contributed by atoms with Crippen LogP contribution in [0.1, 0.15) is 25.7 Å². The smallest absolute Gasteiger partial charge is 0.246 e. The van der Waals surface area contributed by atoms with Crippen molar-refractivity contribution in [2.45, 2.75) is 31.2 Å². The van der Waals surface area contributed by atoms with Gasteiger partial charge in [-0.15, -0.1) is 6.58 Å². The SMILES string of the molecule is C=CCOCC(=O)NC1(CN)CCCC1. The maximum absolute atomic E-state index is 11.5. The number of carbonyl (C=O) groups is 1. The summed E-state index contributed by atoms with van der Waals surface area (Å²) in [4.78, 5) is 11.5. The standard InChI is InChI=1S/C11H20N2O2/c1-2-7-15-8-10(14)13-11(9-12)5-3-4-6-11/h2H,1,3-9,12H2,(H,13,14). The number of carbonyl (C=O) groups excluding carboxylic acids is 1. The number of nitrogens with one attached hydrogen (secondary N) is 1. The fourth-order valence-electron chi connectivity index (χ4n) is 2.00. The van der Waals surface area contributed by atoms with Crippen LogP contribution in [0.3, 0.4) is 0 Å². The zero-order chi connectivity index (χ0) is 11.1. The molecule has 15 heavy (non-hydrogen) atoms. The predicted octanol–water partition coefficient (Wildman–Crippen LogP) is 0.577. The largest absolute Gasteiger partial charge is 0.368 e. The minimum absolute atomic E-state index is 0.0794. The Morgan fingerprint density at radius 2 is 2.20 bits per heavy atom. The summed E-state index contributed by atoms with van der Waals surface area (Å²) in [7, 11) is 0. The number of rotatable bonds is 6. The summed E-state index contributed by atoms with van der Waals surface area (Å²) < 4.78 is 5.07. The van der Waals surface area contributed by atoms with Crippen molar-refractivity contribution in [1.82, 2.24) is 5.32 Å². The molecule has 1 aliphatic rings. The molecule has 0 bridgehead atoms. The molecule has 4 heteroatoms. The number of ether oxygens (including phenoxy) is 1. The minimum Gasteiger partial charge on any atom is -0.368 e. The average Bonchev–Trinajstić information content (AvgIpc) is 2.67. The van der Waals surface area contributed by atoms with E-state index in [1.165, 1.54) is 0 Å². The molecule has 4 nitrogen and oxygen atoms in total. The molecule has 86 valence electrons. The Bertz CT molecular complexity index is 223. The van der Waals surface area contributed by atoms with Gasteiger partial charge in [-0.2, -0.15) is 0 Å². The van der Waals surface area contributed by atoms with Crippen LogP contribution >= 0.6 is 0 Å². The molecule has 0 unspecified atom stereocenters. The third-order valence-corrected chi connectivity index (χ3v) is 2.82. The molecule has 0 aromatic heterocycles. The molecular formula is C11H20N2O2. The van der Waals surface area contributed by atoms with Crippen molar-refractivity contribution in [3.05, 3.63) is 12.7 Å². The molecule has 0 saturated heterocycles. The van der Waals surface area contributed by atoms with Crippen LogP contribution < -0.4 is 11.1 Å². The van der Waals surface area contributed by atoms with Gasteiger partial charge in [-0.25, -0.2) is 0 Å². The lowest BCUT2D eigenvalue weighted by atomic mass is 9.98. The van der Waals surface area contributed by atoms with Gasteiger partial charge in [0.25, 0.3) is 0 Å². The Morgan fingerprint density at radius 3 is 2.73 bits per heavy atom. The van der Waals surface area contributed by atoms with E-state index in [4.69, 9.17) is 10.5 Å². The number of amides is 1. The van der Waals surface area contributed by atoms with Gasteiger partial charge in [0, 0.05) is 6.54 Å². The molecule has 0 aromatic carbocycles. The second kappa shape index (κ2) is 5.88. The molecule has 3 N–H and O–H groups in total. The molecule has 0 heterocycles. The maximum Gasteiger partial charge on any atom is 0.246 e. The molecular weight excluding hydrogens is 192 g/mol. The van der Waals surface area contributed by atoms with Crippen molar-refractivity contribution in [1.29, 1.82) is 0 Å². The van der Waals surface area contributed by atoms with Gasteiger partial charge in [0.15, 0.2) is 0 Å². The lowest BCUT2D eigenvalue weighted by Gasteiger charge is -2.28. The first-order valence-electron chi connectivity index (χ1n) is 5.42. The van der Waals surface area contributed by atoms with Gasteiger partial charge in [-0.05, 0) is 12.8 Å². The van der Waals surface area contributed by atoms with Gasteiger partial charge in [-0.1, -0.05) is 18.9 Å². The molecule has 0 spiro atoms. The summed E-state index contributed by atoms with van der Waals surface area (Å²) in [6.45, 7) is 4.52. The Balaban J connectivity index is 2.31. The number of nitrogens with two attached hydrogens (primary N) is 1. The summed E-state index contributed by atoms with van der Waals surface area (Å²) >= 11 is 0. The third-order valence-electron chi connectivity index (χ3n) is 2.82. The van der Waals surface area contributed by atoms with Crippen LogP contribution in [0, 0.1) is 0 Å². The summed E-state index contributed by atoms with van der Waals surface area (Å²) in [6, 6.07) is 0. The van der Waals surface area contributed by atoms with Crippen molar-refractivity contribution in [2.75, 3.05) is 19.8 Å². The molecule has 0 aliphatic heterocycles. The van der Waals surface area contributed by atoms with E-state index >= 15 is 0 Å². The van der Waals surface area contributed by atoms with Gasteiger partial charge >= 0.3 is 0 Å². The molecule has 1 fully saturated rings. The van der Waals surface area contributed by atoms with Crippen molar-refractivity contribution in [3.8, 4) is 0 Å². The topological polar surface area (TPSA) is 64.3 Å². The van der Waals surface area contributed by atoms with Crippen LogP contribution in [-0.4, -0.2) is 31.2 Å². The highest BCUT2D eigenvalue weighted by Crippen LogP contribution is 2.28. The monoisotopic (exact) mass is 212 g/mol. The van der Waals surface area contributed by atoms with Crippen molar-refractivity contribution in [2.24, 2.45) is 5.73 Å². The Kier molecular flexibility index (Phi) is 4.78. The van der Waals surface area contributed by atoms with E-state index in [2.05, 4.69) is 11.9 Å². The average molecular weight is 212 g/mol. The second-order valence-corrected chi connectivity index (χ2v) is 4.04. The first-order valence-corrected chi connectivity index (χ1v) is 5.42. The van der Waals surface area contributed by atoms with Crippen LogP contribution in [0.4, 0.5) is 0 Å². The van der Waals surface area contributed by atoms with Gasteiger partial charge < -0.3 is 15.8 Å². The Hall–Kier alpha value is -0.870. The van der Waals surface area contributed by atoms with Crippen LogP contribution in [0.15, 0.2) is 12.7 Å². The van der Waals surface area contributed by atoms with Crippen molar-refractivity contribution >= 4 is 5.91 Å². The van der Waals surface area contributed by atoms with Gasteiger partial charge in [0.05, 0.1) is 12.1 Å². The highest BCUT2D eigenvalue weighted by atomic mass is 16.5. The first kappa shape index (κ1) is 12.2. The van der Waals surface area contributed by atoms with Crippen molar-refractivity contribution < 1.29 is 9.53 Å². The second-order valence-electron chi connectivity index (χ2n) is 4.04. The van der Waals surface area contributed by atoms with Gasteiger partial charge in [-0.3, -0.25) is 4.79 Å². The molecule has 1 rings (SSSR count). The van der Waals surface area contributed by atoms with E-state index in [1.54, 1.807) is 6.08 Å². The van der Waals surface area contributed by atoms with E-state index in [9.17, 15) is 4.79 Å². The minimum atomic E-state index is -0.172. The molecule has 0 aromatic rings. The van der Waals surface area contributed by atoms with E-state index in [0.29, 0.717) is 13.2 Å². The molecule has 1 saturated carbocycles. The molecule has 1 amide bonds. The fraction of sp³-hybridized carbons (Fsp3) is 0.727. The number of hydrogen-bond donors (Lipinski definition) is 2. The predicted molar refractivity (Wildman–Crippen MR) is 59.4 cm³/mol. The summed E-state index contributed by atoms with van der Waals surface area (Å²) in [5.74, 6) is -0.0794.